The third kappa shape index (κ3) is 4.36. The van der Waals surface area contributed by atoms with Gasteiger partial charge in [-0.15, -0.1) is 5.10 Å². The predicted molar refractivity (Wildman–Crippen MR) is 117 cm³/mol. The summed E-state index contributed by atoms with van der Waals surface area (Å²) in [5.74, 6) is 1.26. The maximum Gasteiger partial charge on any atom is 0.368 e. The fourth-order valence-electron chi connectivity index (χ4n) is 3.15. The lowest BCUT2D eigenvalue weighted by Gasteiger charge is -2.18. The van der Waals surface area contributed by atoms with Gasteiger partial charge in [0.15, 0.2) is 0 Å². The number of fused-ring (bicyclic) bond motifs is 1. The van der Waals surface area contributed by atoms with Crippen molar-refractivity contribution in [3.8, 4) is 11.4 Å². The average molecular weight is 441 g/mol. The first-order chi connectivity index (χ1) is 15.1. The number of rotatable bonds is 5. The maximum absolute atomic E-state index is 12.3. The summed E-state index contributed by atoms with van der Waals surface area (Å²) in [6.07, 6.45) is 1.21. The van der Waals surface area contributed by atoms with Crippen LogP contribution in [0.3, 0.4) is 0 Å². The van der Waals surface area contributed by atoms with E-state index in [4.69, 9.17) is 21.1 Å². The highest BCUT2D eigenvalue weighted by molar-refractivity contribution is 6.31. The highest BCUT2D eigenvalue weighted by Crippen LogP contribution is 2.25. The van der Waals surface area contributed by atoms with Gasteiger partial charge in [0, 0.05) is 36.0 Å². The smallest absolute Gasteiger partial charge is 0.368 e. The zero-order chi connectivity index (χ0) is 21.8. The third-order valence-corrected chi connectivity index (χ3v) is 5.16. The Morgan fingerprint density at radius 2 is 2.06 bits per heavy atom. The van der Waals surface area contributed by atoms with Crippen molar-refractivity contribution in [1.82, 2.24) is 19.8 Å². The first kappa shape index (κ1) is 20.8. The highest BCUT2D eigenvalue weighted by Gasteiger charge is 2.17. The summed E-state index contributed by atoms with van der Waals surface area (Å²) < 4.78 is 13.9. The minimum absolute atomic E-state index is 0.106. The molecule has 0 saturated heterocycles. The largest absolute Gasteiger partial charge is 0.492 e. The van der Waals surface area contributed by atoms with Gasteiger partial charge in [0.25, 0.3) is 0 Å². The standard InChI is InChI=1S/C21H21ClN6O3/c1-3-20(24-23-17-11-12-30-19-10-5-4-7-14(17)19)31-13-15-16(22)8-6-9-18(15)28-21(29)27(2)25-26-28/h4-10H,3,11-13H2,1-2H3/b23-17+,24-20-. The van der Waals surface area contributed by atoms with E-state index in [1.807, 2.05) is 31.2 Å². The van der Waals surface area contributed by atoms with E-state index in [-0.39, 0.29) is 12.3 Å². The molecule has 1 aliphatic rings. The summed E-state index contributed by atoms with van der Waals surface area (Å²) in [7, 11) is 1.53. The van der Waals surface area contributed by atoms with Gasteiger partial charge < -0.3 is 9.47 Å². The van der Waals surface area contributed by atoms with Crippen LogP contribution in [-0.2, 0) is 18.4 Å². The SMILES string of the molecule is CC/C(=N/N=C1\CCOc2ccccc21)OCc1c(Cl)cccc1-n1nnn(C)c1=O. The molecule has 0 spiro atoms. The Morgan fingerprint density at radius 3 is 2.84 bits per heavy atom. The third-order valence-electron chi connectivity index (χ3n) is 4.81. The van der Waals surface area contributed by atoms with Crippen LogP contribution >= 0.6 is 11.6 Å². The Hall–Kier alpha value is -3.46. The molecule has 0 atom stereocenters. The molecule has 1 aromatic heterocycles. The number of tetrazole rings is 1. The van der Waals surface area contributed by atoms with E-state index < -0.39 is 0 Å². The van der Waals surface area contributed by atoms with Crippen LogP contribution in [0.4, 0.5) is 0 Å². The van der Waals surface area contributed by atoms with Gasteiger partial charge in [-0.25, -0.2) is 4.79 Å². The Kier molecular flexibility index (Phi) is 6.13. The van der Waals surface area contributed by atoms with Crippen LogP contribution in [0.5, 0.6) is 5.75 Å². The van der Waals surface area contributed by atoms with E-state index in [0.29, 0.717) is 41.6 Å². The molecule has 0 radical (unpaired) electrons. The van der Waals surface area contributed by atoms with Crippen LogP contribution in [0.1, 0.15) is 30.9 Å². The van der Waals surface area contributed by atoms with Gasteiger partial charge in [0.1, 0.15) is 12.4 Å². The quantitative estimate of drug-likeness (QED) is 0.345. The molecule has 2 heterocycles. The number of aryl methyl sites for hydroxylation is 1. The van der Waals surface area contributed by atoms with Crippen LogP contribution in [-0.4, -0.2) is 38.0 Å². The monoisotopic (exact) mass is 440 g/mol. The molecule has 0 unspecified atom stereocenters. The Labute approximate surface area is 183 Å². The van der Waals surface area contributed by atoms with Crippen molar-refractivity contribution in [2.24, 2.45) is 17.3 Å². The van der Waals surface area contributed by atoms with Gasteiger partial charge in [0.2, 0.25) is 5.90 Å². The summed E-state index contributed by atoms with van der Waals surface area (Å²) in [4.78, 5) is 12.3. The van der Waals surface area contributed by atoms with Crippen LogP contribution in [0, 0.1) is 0 Å². The summed E-state index contributed by atoms with van der Waals surface area (Å²) in [6.45, 7) is 2.59. The molecule has 0 aliphatic carbocycles. The summed E-state index contributed by atoms with van der Waals surface area (Å²) in [6, 6.07) is 13.0. The number of aromatic nitrogens is 4. The Balaban J connectivity index is 1.58. The minimum Gasteiger partial charge on any atom is -0.492 e. The molecule has 3 aromatic rings. The molecule has 4 rings (SSSR count). The number of para-hydroxylation sites is 1. The molecule has 1 aliphatic heterocycles. The lowest BCUT2D eigenvalue weighted by Crippen LogP contribution is -2.23. The van der Waals surface area contributed by atoms with E-state index in [1.54, 1.807) is 18.2 Å². The summed E-state index contributed by atoms with van der Waals surface area (Å²) in [5, 5.41) is 16.8. The highest BCUT2D eigenvalue weighted by atomic mass is 35.5. The lowest BCUT2D eigenvalue weighted by molar-refractivity contribution is 0.283. The first-order valence-corrected chi connectivity index (χ1v) is 10.2. The molecule has 2 aromatic carbocycles. The van der Waals surface area contributed by atoms with Gasteiger partial charge in [-0.1, -0.05) is 36.7 Å². The second-order valence-electron chi connectivity index (χ2n) is 6.81. The van der Waals surface area contributed by atoms with E-state index >= 15 is 0 Å². The van der Waals surface area contributed by atoms with Gasteiger partial charge in [-0.05, 0) is 34.7 Å². The summed E-state index contributed by atoms with van der Waals surface area (Å²) >= 11 is 6.39. The molecule has 0 amide bonds. The molecule has 160 valence electrons. The first-order valence-electron chi connectivity index (χ1n) is 9.83. The van der Waals surface area contributed by atoms with Gasteiger partial charge >= 0.3 is 5.69 Å². The van der Waals surface area contributed by atoms with E-state index in [0.717, 1.165) is 21.7 Å². The number of nitrogens with zero attached hydrogens (tertiary/aromatic N) is 6. The van der Waals surface area contributed by atoms with E-state index in [9.17, 15) is 4.79 Å². The average Bonchev–Trinajstić information content (AvgIpc) is 3.12. The topological polar surface area (TPSA) is 95.9 Å². The zero-order valence-electron chi connectivity index (χ0n) is 17.2. The van der Waals surface area contributed by atoms with Crippen LogP contribution < -0.4 is 10.4 Å². The number of ether oxygens (including phenoxy) is 2. The predicted octanol–water partition coefficient (Wildman–Crippen LogP) is 3.13. The minimum atomic E-state index is -0.377. The molecule has 0 N–H and O–H groups in total. The van der Waals surface area contributed by atoms with Crippen molar-refractivity contribution in [3.63, 3.8) is 0 Å². The van der Waals surface area contributed by atoms with Crippen molar-refractivity contribution in [2.75, 3.05) is 6.61 Å². The maximum atomic E-state index is 12.3. The number of halogens is 1. The molecular formula is C21H21ClN6O3. The van der Waals surface area contributed by atoms with E-state index in [1.165, 1.54) is 11.7 Å². The second-order valence-corrected chi connectivity index (χ2v) is 7.22. The van der Waals surface area contributed by atoms with Gasteiger partial charge in [-0.2, -0.15) is 14.5 Å². The van der Waals surface area contributed by atoms with Crippen molar-refractivity contribution in [3.05, 3.63) is 69.1 Å². The van der Waals surface area contributed by atoms with Crippen LogP contribution in [0.25, 0.3) is 5.69 Å². The molecular weight excluding hydrogens is 420 g/mol. The van der Waals surface area contributed by atoms with Crippen molar-refractivity contribution in [1.29, 1.82) is 0 Å². The summed E-state index contributed by atoms with van der Waals surface area (Å²) in [5.41, 5.74) is 2.52. The normalized spacial score (nSPS) is 14.9. The van der Waals surface area contributed by atoms with Gasteiger partial charge in [-0.3, -0.25) is 0 Å². The number of hydrogen-bond acceptors (Lipinski definition) is 7. The fraction of sp³-hybridized carbons (Fsp3) is 0.286. The Morgan fingerprint density at radius 1 is 1.23 bits per heavy atom. The fourth-order valence-corrected chi connectivity index (χ4v) is 3.38. The molecule has 0 fully saturated rings. The van der Waals surface area contributed by atoms with Crippen molar-refractivity contribution in [2.45, 2.75) is 26.4 Å². The molecule has 10 heteroatoms. The lowest BCUT2D eigenvalue weighted by atomic mass is 10.0. The molecule has 31 heavy (non-hydrogen) atoms. The second kappa shape index (κ2) is 9.13. The zero-order valence-corrected chi connectivity index (χ0v) is 17.9. The van der Waals surface area contributed by atoms with Crippen molar-refractivity contribution >= 4 is 23.2 Å². The van der Waals surface area contributed by atoms with Crippen molar-refractivity contribution < 1.29 is 9.47 Å². The van der Waals surface area contributed by atoms with Crippen LogP contribution in [0.15, 0.2) is 57.5 Å². The number of hydrogen-bond donors (Lipinski definition) is 0. The molecule has 0 saturated carbocycles. The van der Waals surface area contributed by atoms with Crippen LogP contribution in [0.2, 0.25) is 5.02 Å². The molecule has 9 nitrogen and oxygen atoms in total. The number of benzene rings is 2. The van der Waals surface area contributed by atoms with Gasteiger partial charge in [0.05, 0.1) is 18.0 Å². The Bertz CT molecular complexity index is 1210. The van der Waals surface area contributed by atoms with E-state index in [2.05, 4.69) is 20.6 Å². The molecule has 0 bridgehead atoms.